The summed E-state index contributed by atoms with van der Waals surface area (Å²) in [5, 5.41) is 0. The normalized spacial score (nSPS) is 8.09. The topological polar surface area (TPSA) is 52.1 Å². The number of hydrogen-bond acceptors (Lipinski definition) is 4. The van der Waals surface area contributed by atoms with Crippen LogP contribution < -0.4 is 0 Å². The van der Waals surface area contributed by atoms with Gasteiger partial charge in [0.1, 0.15) is 6.33 Å². The maximum atomic E-state index is 10.7. The molecule has 1 aromatic heterocycles. The summed E-state index contributed by atoms with van der Waals surface area (Å²) in [5.74, 6) is -0.416. The molecule has 0 bridgehead atoms. The molecule has 1 aromatic rings. The number of esters is 1. The zero-order chi connectivity index (χ0) is 7.40. The Labute approximate surface area is 70.0 Å². The Morgan fingerprint density at radius 2 is 2.00 bits per heavy atom. The Morgan fingerprint density at radius 1 is 1.45 bits per heavy atom. The minimum Gasteiger partial charge on any atom is -0.465 e. The van der Waals surface area contributed by atoms with E-state index in [-0.39, 0.29) is 12.4 Å². The summed E-state index contributed by atoms with van der Waals surface area (Å²) in [4.78, 5) is 18.0. The van der Waals surface area contributed by atoms with E-state index in [4.69, 9.17) is 0 Å². The van der Waals surface area contributed by atoms with Gasteiger partial charge < -0.3 is 4.74 Å². The van der Waals surface area contributed by atoms with Crippen LogP contribution >= 0.6 is 12.4 Å². The Kier molecular flexibility index (Phi) is 4.14. The molecule has 0 atom stereocenters. The van der Waals surface area contributed by atoms with E-state index >= 15 is 0 Å². The van der Waals surface area contributed by atoms with Gasteiger partial charge in [0.15, 0.2) is 0 Å². The average Bonchev–Trinajstić information content (AvgIpc) is 2.05. The van der Waals surface area contributed by atoms with Crippen molar-refractivity contribution in [1.82, 2.24) is 9.97 Å². The third-order valence-electron chi connectivity index (χ3n) is 0.982. The van der Waals surface area contributed by atoms with E-state index < -0.39 is 5.97 Å². The molecule has 0 aliphatic carbocycles. The van der Waals surface area contributed by atoms with Gasteiger partial charge in [0, 0.05) is 12.4 Å². The fourth-order valence-corrected chi connectivity index (χ4v) is 0.522. The maximum absolute atomic E-state index is 10.7. The van der Waals surface area contributed by atoms with Gasteiger partial charge in [0.25, 0.3) is 0 Å². The molecule has 1 heterocycles. The average molecular weight is 175 g/mol. The number of carbonyl (C=O) groups excluding carboxylic acids is 1. The Morgan fingerprint density at radius 3 is 2.45 bits per heavy atom. The SMILES string of the molecule is COC(=O)c1cncnc1.Cl. The monoisotopic (exact) mass is 174 g/mol. The van der Waals surface area contributed by atoms with Crippen LogP contribution in [0.4, 0.5) is 0 Å². The van der Waals surface area contributed by atoms with Gasteiger partial charge in [0.2, 0.25) is 0 Å². The molecule has 0 unspecified atom stereocenters. The molecule has 0 aliphatic rings. The largest absolute Gasteiger partial charge is 0.465 e. The molecule has 0 saturated heterocycles. The fourth-order valence-electron chi connectivity index (χ4n) is 0.522. The molecular weight excluding hydrogens is 168 g/mol. The number of methoxy groups -OCH3 is 1. The summed E-state index contributed by atoms with van der Waals surface area (Å²) in [6, 6.07) is 0. The zero-order valence-corrected chi connectivity index (χ0v) is 6.67. The third kappa shape index (κ3) is 2.51. The van der Waals surface area contributed by atoms with Crippen molar-refractivity contribution in [2.75, 3.05) is 7.11 Å². The molecule has 4 nitrogen and oxygen atoms in total. The van der Waals surface area contributed by atoms with Crippen LogP contribution in [0, 0.1) is 0 Å². The van der Waals surface area contributed by atoms with Crippen molar-refractivity contribution in [3.8, 4) is 0 Å². The maximum Gasteiger partial charge on any atom is 0.341 e. The van der Waals surface area contributed by atoms with Gasteiger partial charge in [-0.3, -0.25) is 0 Å². The molecule has 5 heteroatoms. The van der Waals surface area contributed by atoms with Gasteiger partial charge in [-0.1, -0.05) is 0 Å². The van der Waals surface area contributed by atoms with Gasteiger partial charge in [-0.25, -0.2) is 14.8 Å². The fraction of sp³-hybridized carbons (Fsp3) is 0.167. The lowest BCUT2D eigenvalue weighted by molar-refractivity contribution is 0.0599. The smallest absolute Gasteiger partial charge is 0.341 e. The standard InChI is InChI=1S/C6H6N2O2.ClH/c1-10-6(9)5-2-7-4-8-3-5;/h2-4H,1H3;1H. The van der Waals surface area contributed by atoms with Crippen molar-refractivity contribution < 1.29 is 9.53 Å². The molecule has 0 amide bonds. The number of halogens is 1. The number of aromatic nitrogens is 2. The number of nitrogens with zero attached hydrogens (tertiary/aromatic N) is 2. The van der Waals surface area contributed by atoms with E-state index in [1.54, 1.807) is 0 Å². The summed E-state index contributed by atoms with van der Waals surface area (Å²) in [5.41, 5.74) is 0.366. The molecule has 0 fully saturated rings. The Hall–Kier alpha value is -1.16. The molecule has 0 N–H and O–H groups in total. The van der Waals surface area contributed by atoms with Gasteiger partial charge in [-0.15, -0.1) is 12.4 Å². The Balaban J connectivity index is 0.000001000. The first-order valence-electron chi connectivity index (χ1n) is 2.68. The second-order valence-corrected chi connectivity index (χ2v) is 1.62. The van der Waals surface area contributed by atoms with Crippen molar-refractivity contribution in [3.63, 3.8) is 0 Å². The zero-order valence-electron chi connectivity index (χ0n) is 5.85. The first kappa shape index (κ1) is 9.84. The van der Waals surface area contributed by atoms with E-state index in [0.717, 1.165) is 0 Å². The number of carbonyl (C=O) groups is 1. The molecule has 0 radical (unpaired) electrons. The van der Waals surface area contributed by atoms with Crippen LogP contribution in [0.3, 0.4) is 0 Å². The van der Waals surface area contributed by atoms with Crippen molar-refractivity contribution >= 4 is 18.4 Å². The molecular formula is C6H7ClN2O2. The lowest BCUT2D eigenvalue weighted by Crippen LogP contribution is -2.01. The lowest BCUT2D eigenvalue weighted by atomic mass is 10.4. The number of ether oxygens (including phenoxy) is 1. The second-order valence-electron chi connectivity index (χ2n) is 1.62. The van der Waals surface area contributed by atoms with Gasteiger partial charge in [-0.2, -0.15) is 0 Å². The van der Waals surface area contributed by atoms with E-state index in [1.807, 2.05) is 0 Å². The minimum absolute atomic E-state index is 0. The Bertz CT molecular complexity index is 227. The van der Waals surface area contributed by atoms with Crippen molar-refractivity contribution in [2.24, 2.45) is 0 Å². The van der Waals surface area contributed by atoms with Crippen molar-refractivity contribution in [1.29, 1.82) is 0 Å². The van der Waals surface area contributed by atoms with E-state index in [1.165, 1.54) is 25.8 Å². The summed E-state index contributed by atoms with van der Waals surface area (Å²) in [6.45, 7) is 0. The first-order valence-corrected chi connectivity index (χ1v) is 2.68. The molecule has 0 aliphatic heterocycles. The molecule has 1 rings (SSSR count). The van der Waals surface area contributed by atoms with Crippen LogP contribution in [-0.4, -0.2) is 23.0 Å². The lowest BCUT2D eigenvalue weighted by Gasteiger charge is -1.94. The number of rotatable bonds is 1. The van der Waals surface area contributed by atoms with Crippen LogP contribution in [0.1, 0.15) is 10.4 Å². The highest BCUT2D eigenvalue weighted by atomic mass is 35.5. The molecule has 0 saturated carbocycles. The van der Waals surface area contributed by atoms with Crippen LogP contribution in [0.25, 0.3) is 0 Å². The minimum atomic E-state index is -0.416. The predicted molar refractivity (Wildman–Crippen MR) is 40.6 cm³/mol. The van der Waals surface area contributed by atoms with E-state index in [9.17, 15) is 4.79 Å². The first-order chi connectivity index (χ1) is 4.84. The van der Waals surface area contributed by atoms with Gasteiger partial charge in [-0.05, 0) is 0 Å². The molecule has 60 valence electrons. The van der Waals surface area contributed by atoms with E-state index in [2.05, 4.69) is 14.7 Å². The molecule has 0 spiro atoms. The van der Waals surface area contributed by atoms with Gasteiger partial charge >= 0.3 is 5.97 Å². The predicted octanol–water partition coefficient (Wildman–Crippen LogP) is 0.685. The van der Waals surface area contributed by atoms with Crippen molar-refractivity contribution in [2.45, 2.75) is 0 Å². The second kappa shape index (κ2) is 4.62. The highest BCUT2D eigenvalue weighted by molar-refractivity contribution is 5.88. The highest BCUT2D eigenvalue weighted by Crippen LogP contribution is 1.93. The van der Waals surface area contributed by atoms with Crippen LogP contribution in [0.5, 0.6) is 0 Å². The van der Waals surface area contributed by atoms with E-state index in [0.29, 0.717) is 5.56 Å². The molecule has 0 aromatic carbocycles. The van der Waals surface area contributed by atoms with Crippen LogP contribution in [0.2, 0.25) is 0 Å². The van der Waals surface area contributed by atoms with Crippen LogP contribution in [0.15, 0.2) is 18.7 Å². The van der Waals surface area contributed by atoms with Crippen LogP contribution in [-0.2, 0) is 4.74 Å². The summed E-state index contributed by atoms with van der Waals surface area (Å²) in [7, 11) is 1.31. The third-order valence-corrected chi connectivity index (χ3v) is 0.982. The molecule has 11 heavy (non-hydrogen) atoms. The summed E-state index contributed by atoms with van der Waals surface area (Å²) in [6.07, 6.45) is 4.16. The van der Waals surface area contributed by atoms with Crippen molar-refractivity contribution in [3.05, 3.63) is 24.3 Å². The van der Waals surface area contributed by atoms with Gasteiger partial charge in [0.05, 0.1) is 12.7 Å². The number of hydrogen-bond donors (Lipinski definition) is 0. The summed E-state index contributed by atoms with van der Waals surface area (Å²) < 4.78 is 4.42. The quantitative estimate of drug-likeness (QED) is 0.588. The summed E-state index contributed by atoms with van der Waals surface area (Å²) >= 11 is 0. The highest BCUT2D eigenvalue weighted by Gasteiger charge is 2.02.